The maximum atomic E-state index is 13.5. The van der Waals surface area contributed by atoms with Crippen LogP contribution in [0.25, 0.3) is 0 Å². The molecule has 21 heavy (non-hydrogen) atoms. The first-order chi connectivity index (χ1) is 9.92. The van der Waals surface area contributed by atoms with E-state index >= 15 is 0 Å². The largest absolute Gasteiger partial charge is 0.367 e. The number of hydrogen-bond donors (Lipinski definition) is 1. The summed E-state index contributed by atoms with van der Waals surface area (Å²) in [6.45, 7) is 9.17. The van der Waals surface area contributed by atoms with Gasteiger partial charge in [0.15, 0.2) is 0 Å². The first-order valence-corrected chi connectivity index (χ1v) is 7.61. The fourth-order valence-corrected chi connectivity index (χ4v) is 2.98. The Morgan fingerprint density at radius 1 is 1.33 bits per heavy atom. The van der Waals surface area contributed by atoms with Crippen LogP contribution in [-0.2, 0) is 0 Å². The van der Waals surface area contributed by atoms with E-state index < -0.39 is 5.54 Å². The van der Waals surface area contributed by atoms with Crippen molar-refractivity contribution in [3.05, 3.63) is 29.6 Å². The summed E-state index contributed by atoms with van der Waals surface area (Å²) in [6.07, 6.45) is 1.54. The number of nitriles is 1. The molecular weight excluding hydrogens is 265 g/mol. The highest BCUT2D eigenvalue weighted by Crippen LogP contribution is 2.27. The number of likely N-dealkylation sites (tertiary alicyclic amines) is 1. The highest BCUT2D eigenvalue weighted by Gasteiger charge is 2.34. The van der Waals surface area contributed by atoms with E-state index in [-0.39, 0.29) is 5.82 Å². The molecule has 1 fully saturated rings. The van der Waals surface area contributed by atoms with Crippen LogP contribution in [0.3, 0.4) is 0 Å². The van der Waals surface area contributed by atoms with Crippen molar-refractivity contribution in [3.8, 4) is 6.07 Å². The second-order valence-electron chi connectivity index (χ2n) is 6.53. The Morgan fingerprint density at radius 3 is 2.52 bits per heavy atom. The number of hydrogen-bond acceptors (Lipinski definition) is 3. The molecule has 1 N–H and O–H groups in total. The first kappa shape index (κ1) is 15.8. The monoisotopic (exact) mass is 289 g/mol. The van der Waals surface area contributed by atoms with Crippen molar-refractivity contribution in [2.24, 2.45) is 5.92 Å². The molecule has 1 aromatic rings. The van der Waals surface area contributed by atoms with Crippen LogP contribution in [0.15, 0.2) is 18.2 Å². The van der Waals surface area contributed by atoms with E-state index in [1.807, 2.05) is 13.0 Å². The van der Waals surface area contributed by atoms with Crippen molar-refractivity contribution >= 4 is 5.69 Å². The van der Waals surface area contributed by atoms with Crippen LogP contribution < -0.4 is 5.32 Å². The van der Waals surface area contributed by atoms with Crippen molar-refractivity contribution in [1.29, 1.82) is 5.26 Å². The molecule has 0 bridgehead atoms. The summed E-state index contributed by atoms with van der Waals surface area (Å²) >= 11 is 0. The van der Waals surface area contributed by atoms with E-state index in [2.05, 4.69) is 30.1 Å². The third-order valence-corrected chi connectivity index (χ3v) is 3.97. The number of aryl methyl sites for hydroxylation is 1. The molecule has 1 aliphatic heterocycles. The average Bonchev–Trinajstić information content (AvgIpc) is 2.39. The zero-order chi connectivity index (χ0) is 15.5. The van der Waals surface area contributed by atoms with Gasteiger partial charge in [-0.15, -0.1) is 0 Å². The fourth-order valence-electron chi connectivity index (χ4n) is 2.98. The minimum atomic E-state index is -0.576. The Balaban J connectivity index is 2.05. The van der Waals surface area contributed by atoms with E-state index in [1.165, 1.54) is 12.1 Å². The SMILES string of the molecule is Cc1cc(F)cc(NC2(C#N)CCN(CC(C)C)CC2)c1. The van der Waals surface area contributed by atoms with Gasteiger partial charge in [-0.2, -0.15) is 5.26 Å². The topological polar surface area (TPSA) is 39.1 Å². The van der Waals surface area contributed by atoms with E-state index in [1.54, 1.807) is 0 Å². The second-order valence-corrected chi connectivity index (χ2v) is 6.53. The Kier molecular flexibility index (Phi) is 4.84. The van der Waals surface area contributed by atoms with Gasteiger partial charge in [-0.05, 0) is 49.4 Å². The van der Waals surface area contributed by atoms with E-state index in [4.69, 9.17) is 0 Å². The molecule has 0 amide bonds. The van der Waals surface area contributed by atoms with Gasteiger partial charge in [0.2, 0.25) is 0 Å². The summed E-state index contributed by atoms with van der Waals surface area (Å²) in [5.41, 5.74) is 0.988. The van der Waals surface area contributed by atoms with Gasteiger partial charge in [-0.25, -0.2) is 4.39 Å². The summed E-state index contributed by atoms with van der Waals surface area (Å²) in [7, 11) is 0. The zero-order valence-electron chi connectivity index (χ0n) is 13.1. The molecule has 1 saturated heterocycles. The standard InChI is InChI=1S/C17H24FN3/c1-13(2)11-21-6-4-17(12-19,5-7-21)20-16-9-14(3)8-15(18)10-16/h8-10,13,20H,4-7,11H2,1-3H3. The molecule has 2 rings (SSSR count). The van der Waals surface area contributed by atoms with Crippen LogP contribution in [0.5, 0.6) is 0 Å². The van der Waals surface area contributed by atoms with Gasteiger partial charge < -0.3 is 10.2 Å². The Bertz CT molecular complexity index is 505. The lowest BCUT2D eigenvalue weighted by Crippen LogP contribution is -2.49. The maximum absolute atomic E-state index is 13.5. The molecule has 1 aliphatic rings. The summed E-state index contributed by atoms with van der Waals surface area (Å²) in [5.74, 6) is 0.376. The minimum Gasteiger partial charge on any atom is -0.367 e. The van der Waals surface area contributed by atoms with Crippen LogP contribution in [-0.4, -0.2) is 30.1 Å². The van der Waals surface area contributed by atoms with Gasteiger partial charge in [0.25, 0.3) is 0 Å². The number of anilines is 1. The number of benzene rings is 1. The van der Waals surface area contributed by atoms with Gasteiger partial charge in [0, 0.05) is 25.3 Å². The van der Waals surface area contributed by atoms with Crippen molar-refractivity contribution in [1.82, 2.24) is 4.90 Å². The van der Waals surface area contributed by atoms with Crippen molar-refractivity contribution in [3.63, 3.8) is 0 Å². The molecule has 1 heterocycles. The van der Waals surface area contributed by atoms with Gasteiger partial charge in [0.05, 0.1) is 6.07 Å². The molecule has 4 heteroatoms. The molecule has 114 valence electrons. The predicted molar refractivity (Wildman–Crippen MR) is 83.6 cm³/mol. The summed E-state index contributed by atoms with van der Waals surface area (Å²) < 4.78 is 13.5. The Labute approximate surface area is 126 Å². The third kappa shape index (κ3) is 4.18. The molecule has 0 spiro atoms. The van der Waals surface area contributed by atoms with Crippen LogP contribution in [0.1, 0.15) is 32.3 Å². The van der Waals surface area contributed by atoms with E-state index in [0.29, 0.717) is 11.6 Å². The van der Waals surface area contributed by atoms with Gasteiger partial charge >= 0.3 is 0 Å². The van der Waals surface area contributed by atoms with Crippen LogP contribution >= 0.6 is 0 Å². The molecule has 0 radical (unpaired) electrons. The average molecular weight is 289 g/mol. The van der Waals surface area contributed by atoms with Crippen LogP contribution in [0, 0.1) is 30.0 Å². The third-order valence-electron chi connectivity index (χ3n) is 3.97. The number of halogens is 1. The predicted octanol–water partition coefficient (Wildman–Crippen LogP) is 3.56. The smallest absolute Gasteiger partial charge is 0.127 e. The van der Waals surface area contributed by atoms with Gasteiger partial charge in [0.1, 0.15) is 11.4 Å². The van der Waals surface area contributed by atoms with Crippen LogP contribution in [0.2, 0.25) is 0 Å². The zero-order valence-corrected chi connectivity index (χ0v) is 13.1. The highest BCUT2D eigenvalue weighted by atomic mass is 19.1. The lowest BCUT2D eigenvalue weighted by atomic mass is 9.88. The van der Waals surface area contributed by atoms with Crippen LogP contribution in [0.4, 0.5) is 10.1 Å². The Hall–Kier alpha value is -1.60. The summed E-state index contributed by atoms with van der Waals surface area (Å²) in [5, 5.41) is 12.9. The highest BCUT2D eigenvalue weighted by molar-refractivity contribution is 5.50. The molecular formula is C17H24FN3. The number of piperidine rings is 1. The Morgan fingerprint density at radius 2 is 2.00 bits per heavy atom. The van der Waals surface area contributed by atoms with E-state index in [0.717, 1.165) is 38.0 Å². The summed E-state index contributed by atoms with van der Waals surface area (Å²) in [6, 6.07) is 7.27. The molecule has 0 aliphatic carbocycles. The number of nitrogens with one attached hydrogen (secondary N) is 1. The van der Waals surface area contributed by atoms with Crippen molar-refractivity contribution in [2.45, 2.75) is 39.2 Å². The number of rotatable bonds is 4. The minimum absolute atomic E-state index is 0.261. The molecule has 3 nitrogen and oxygen atoms in total. The molecule has 0 unspecified atom stereocenters. The fraction of sp³-hybridized carbons (Fsp3) is 0.588. The first-order valence-electron chi connectivity index (χ1n) is 7.61. The quantitative estimate of drug-likeness (QED) is 0.921. The van der Waals surface area contributed by atoms with Crippen molar-refractivity contribution < 1.29 is 4.39 Å². The summed E-state index contributed by atoms with van der Waals surface area (Å²) in [4.78, 5) is 2.40. The second kappa shape index (κ2) is 6.44. The maximum Gasteiger partial charge on any atom is 0.127 e. The molecule has 0 aromatic heterocycles. The lowest BCUT2D eigenvalue weighted by molar-refractivity contribution is 0.179. The normalized spacial score (nSPS) is 18.5. The molecule has 0 atom stereocenters. The molecule has 1 aromatic carbocycles. The van der Waals surface area contributed by atoms with Crippen molar-refractivity contribution in [2.75, 3.05) is 25.0 Å². The lowest BCUT2D eigenvalue weighted by Gasteiger charge is -2.39. The number of nitrogens with zero attached hydrogens (tertiary/aromatic N) is 2. The van der Waals surface area contributed by atoms with Gasteiger partial charge in [-0.3, -0.25) is 0 Å². The van der Waals surface area contributed by atoms with E-state index in [9.17, 15) is 9.65 Å². The molecule has 0 saturated carbocycles. The van der Waals surface area contributed by atoms with Gasteiger partial charge in [-0.1, -0.05) is 13.8 Å².